The van der Waals surface area contributed by atoms with E-state index in [1.54, 1.807) is 12.5 Å². The summed E-state index contributed by atoms with van der Waals surface area (Å²) in [7, 11) is -1.27. The molecule has 1 aromatic carbocycles. The molecule has 0 saturated carbocycles. The summed E-state index contributed by atoms with van der Waals surface area (Å²) >= 11 is 1.25. The third kappa shape index (κ3) is 5.70. The molecule has 8 nitrogen and oxygen atoms in total. The molecule has 2 amide bonds. The first-order chi connectivity index (χ1) is 16.0. The van der Waals surface area contributed by atoms with Gasteiger partial charge in [-0.05, 0) is 79.8 Å². The number of anilines is 1. The van der Waals surface area contributed by atoms with E-state index in [-0.39, 0.29) is 11.8 Å². The average Bonchev–Trinajstić information content (AvgIpc) is 3.29. The van der Waals surface area contributed by atoms with Crippen LogP contribution in [-0.2, 0) is 12.8 Å². The molecule has 33 heavy (non-hydrogen) atoms. The molecule has 2 aliphatic rings. The van der Waals surface area contributed by atoms with Crippen LogP contribution in [-0.4, -0.2) is 64.1 Å². The number of hydrogen-bond acceptors (Lipinski definition) is 7. The van der Waals surface area contributed by atoms with Gasteiger partial charge in [0.25, 0.3) is 0 Å². The summed E-state index contributed by atoms with van der Waals surface area (Å²) in [6.07, 6.45) is 7.14. The Bertz CT molecular complexity index is 985. The van der Waals surface area contributed by atoms with Gasteiger partial charge in [0.05, 0.1) is 11.4 Å². The standard InChI is InChI=1S/C23H31BN4O4S/c1-33-27-23(30)26-22-18-4-2-3-15(18)5-6-19(22)16-7-10-25-20(13-16)21(29)14-28-11-8-17(9-12-28)24(31)32/h5-7,10,13,17,21,29,31-32H,2-4,8-9,11-12,14H2,1H3,(H2,26,27,30). The number of fused-ring (bicyclic) bond motifs is 1. The molecule has 1 fully saturated rings. The SMILES string of the molecule is CSNC(=O)Nc1c(-c2ccnc(C(O)CN3CCC(B(O)O)CC3)c2)ccc2c1CCC2. The van der Waals surface area contributed by atoms with E-state index in [9.17, 15) is 19.9 Å². The van der Waals surface area contributed by atoms with Crippen LogP contribution in [0.15, 0.2) is 30.5 Å². The van der Waals surface area contributed by atoms with Gasteiger partial charge in [-0.25, -0.2) is 4.79 Å². The van der Waals surface area contributed by atoms with Gasteiger partial charge in [0.15, 0.2) is 0 Å². The van der Waals surface area contributed by atoms with Crippen LogP contribution in [0.25, 0.3) is 11.1 Å². The molecular weight excluding hydrogens is 439 g/mol. The molecule has 0 bridgehead atoms. The summed E-state index contributed by atoms with van der Waals surface area (Å²) in [5.74, 6) is -0.103. The number of carbonyl (C=O) groups excluding carboxylic acids is 1. The van der Waals surface area contributed by atoms with E-state index in [1.807, 2.05) is 18.2 Å². The number of urea groups is 1. The lowest BCUT2D eigenvalue weighted by Gasteiger charge is -2.32. The number of pyridine rings is 1. The van der Waals surface area contributed by atoms with Crippen LogP contribution in [0.4, 0.5) is 10.5 Å². The minimum absolute atomic E-state index is 0.103. The van der Waals surface area contributed by atoms with E-state index in [0.717, 1.165) is 36.1 Å². The number of aromatic nitrogens is 1. The molecule has 1 aromatic heterocycles. The smallest absolute Gasteiger partial charge is 0.427 e. The third-order valence-corrected chi connectivity index (χ3v) is 7.02. The molecular formula is C23H31BN4O4S. The Labute approximate surface area is 199 Å². The summed E-state index contributed by atoms with van der Waals surface area (Å²) in [6.45, 7) is 1.86. The third-order valence-electron chi connectivity index (χ3n) is 6.63. The number of rotatable bonds is 7. The number of nitrogens with one attached hydrogen (secondary N) is 2. The van der Waals surface area contributed by atoms with Crippen molar-refractivity contribution in [3.8, 4) is 11.1 Å². The second kappa shape index (κ2) is 10.9. The van der Waals surface area contributed by atoms with Gasteiger partial charge in [-0.1, -0.05) is 24.1 Å². The number of amides is 2. The number of nitrogens with zero attached hydrogens (tertiary/aromatic N) is 2. The molecule has 4 rings (SSSR count). The molecule has 5 N–H and O–H groups in total. The van der Waals surface area contributed by atoms with Gasteiger partial charge in [0.2, 0.25) is 0 Å². The first-order valence-corrected chi connectivity index (χ1v) is 12.7. The Hall–Kier alpha value is -2.11. The monoisotopic (exact) mass is 470 g/mol. The highest BCUT2D eigenvalue weighted by atomic mass is 32.2. The molecule has 176 valence electrons. The van der Waals surface area contributed by atoms with Crippen molar-refractivity contribution in [2.75, 3.05) is 31.2 Å². The fraction of sp³-hybridized carbons (Fsp3) is 0.478. The maximum absolute atomic E-state index is 12.3. The van der Waals surface area contributed by atoms with Crippen molar-refractivity contribution < 1.29 is 19.9 Å². The van der Waals surface area contributed by atoms with Crippen molar-refractivity contribution in [3.63, 3.8) is 0 Å². The van der Waals surface area contributed by atoms with Crippen molar-refractivity contribution in [2.24, 2.45) is 0 Å². The lowest BCUT2D eigenvalue weighted by molar-refractivity contribution is 0.0964. The second-order valence-corrected chi connectivity index (χ2v) is 9.39. The summed E-state index contributed by atoms with van der Waals surface area (Å²) < 4.78 is 2.73. The lowest BCUT2D eigenvalue weighted by atomic mass is 9.67. The second-order valence-electron chi connectivity index (χ2n) is 8.78. The van der Waals surface area contributed by atoms with E-state index < -0.39 is 13.2 Å². The Morgan fingerprint density at radius 1 is 1.27 bits per heavy atom. The van der Waals surface area contributed by atoms with Crippen molar-refractivity contribution in [1.29, 1.82) is 0 Å². The molecule has 1 saturated heterocycles. The summed E-state index contributed by atoms with van der Waals surface area (Å²) in [6, 6.07) is 7.71. The highest BCUT2D eigenvalue weighted by Crippen LogP contribution is 2.38. The van der Waals surface area contributed by atoms with E-state index >= 15 is 0 Å². The lowest BCUT2D eigenvalue weighted by Crippen LogP contribution is -2.38. The Kier molecular flexibility index (Phi) is 7.92. The largest absolute Gasteiger partial charge is 0.454 e. The molecule has 2 aromatic rings. The number of likely N-dealkylation sites (tertiary alicyclic amines) is 1. The van der Waals surface area contributed by atoms with Crippen LogP contribution in [0, 0.1) is 0 Å². The summed E-state index contributed by atoms with van der Waals surface area (Å²) in [5.41, 5.74) is 5.67. The minimum Gasteiger partial charge on any atom is -0.427 e. The molecule has 1 aliphatic heterocycles. The van der Waals surface area contributed by atoms with Crippen LogP contribution < -0.4 is 10.0 Å². The van der Waals surface area contributed by atoms with Gasteiger partial charge in [0.1, 0.15) is 6.10 Å². The number of β-amino-alcohol motifs (C(OH)–C–C–N with tert-alkyl or cyclic N) is 1. The Balaban J connectivity index is 1.53. The van der Waals surface area contributed by atoms with E-state index in [4.69, 9.17) is 0 Å². The van der Waals surface area contributed by atoms with Gasteiger partial charge in [-0.2, -0.15) is 0 Å². The van der Waals surface area contributed by atoms with Gasteiger partial charge in [-0.15, -0.1) is 0 Å². The normalized spacial score (nSPS) is 17.5. The number of carbonyl (C=O) groups is 1. The number of aryl methyl sites for hydroxylation is 1. The highest BCUT2D eigenvalue weighted by Gasteiger charge is 2.29. The maximum Gasteiger partial charge on any atom is 0.454 e. The topological polar surface area (TPSA) is 118 Å². The zero-order chi connectivity index (χ0) is 23.4. The molecule has 0 spiro atoms. The quantitative estimate of drug-likeness (QED) is 0.312. The first-order valence-electron chi connectivity index (χ1n) is 11.4. The van der Waals surface area contributed by atoms with E-state index in [1.165, 1.54) is 23.1 Å². The fourth-order valence-electron chi connectivity index (χ4n) is 4.85. The van der Waals surface area contributed by atoms with Gasteiger partial charge in [0, 0.05) is 24.6 Å². The van der Waals surface area contributed by atoms with Gasteiger partial charge >= 0.3 is 13.1 Å². The Morgan fingerprint density at radius 3 is 2.79 bits per heavy atom. The number of benzene rings is 1. The number of aliphatic hydroxyl groups excluding tert-OH is 1. The molecule has 2 heterocycles. The fourth-order valence-corrected chi connectivity index (χ4v) is 5.09. The van der Waals surface area contributed by atoms with Gasteiger partial charge < -0.3 is 25.4 Å². The predicted octanol–water partition coefficient (Wildman–Crippen LogP) is 2.61. The van der Waals surface area contributed by atoms with Crippen LogP contribution in [0.5, 0.6) is 0 Å². The zero-order valence-corrected chi connectivity index (χ0v) is 19.6. The zero-order valence-electron chi connectivity index (χ0n) is 18.8. The molecule has 1 atom stereocenters. The summed E-state index contributed by atoms with van der Waals surface area (Å²) in [5, 5.41) is 32.7. The first kappa shape index (κ1) is 24.0. The van der Waals surface area contributed by atoms with Crippen molar-refractivity contribution in [3.05, 3.63) is 47.3 Å². The van der Waals surface area contributed by atoms with Crippen molar-refractivity contribution in [2.45, 2.75) is 44.0 Å². The number of aliphatic hydroxyl groups is 1. The van der Waals surface area contributed by atoms with Crippen LogP contribution in [0.1, 0.15) is 42.2 Å². The highest BCUT2D eigenvalue weighted by molar-refractivity contribution is 7.97. The number of hydrogen-bond donors (Lipinski definition) is 5. The van der Waals surface area contributed by atoms with Crippen molar-refractivity contribution >= 4 is 30.8 Å². The predicted molar refractivity (Wildman–Crippen MR) is 132 cm³/mol. The van der Waals surface area contributed by atoms with E-state index in [0.29, 0.717) is 38.2 Å². The summed E-state index contributed by atoms with van der Waals surface area (Å²) in [4.78, 5) is 18.9. The molecule has 10 heteroatoms. The Morgan fingerprint density at radius 2 is 2.06 bits per heavy atom. The molecule has 0 radical (unpaired) electrons. The van der Waals surface area contributed by atoms with Crippen LogP contribution >= 0.6 is 11.9 Å². The maximum atomic E-state index is 12.3. The molecule has 1 aliphatic carbocycles. The van der Waals surface area contributed by atoms with Gasteiger partial charge in [-0.3, -0.25) is 9.71 Å². The molecule has 1 unspecified atom stereocenters. The van der Waals surface area contributed by atoms with Crippen LogP contribution in [0.3, 0.4) is 0 Å². The van der Waals surface area contributed by atoms with Crippen LogP contribution in [0.2, 0.25) is 5.82 Å². The van der Waals surface area contributed by atoms with Crippen molar-refractivity contribution in [1.82, 2.24) is 14.6 Å². The van der Waals surface area contributed by atoms with E-state index in [2.05, 4.69) is 26.0 Å². The minimum atomic E-state index is -1.27. The average molecular weight is 470 g/mol. The number of piperidine rings is 1.